The van der Waals surface area contributed by atoms with Crippen LogP contribution in [0.1, 0.15) is 103 Å². The minimum absolute atomic E-state index is 0.477. The molecule has 0 amide bonds. The highest BCUT2D eigenvalue weighted by atomic mass is 16.4. The van der Waals surface area contributed by atoms with E-state index in [1.54, 1.807) is 6.92 Å². The first-order valence-corrected chi connectivity index (χ1v) is 10.1. The number of nitrogens with zero attached hydrogens (tertiary/aromatic N) is 1. The molecule has 0 aliphatic heterocycles. The predicted octanol–water partition coefficient (Wildman–Crippen LogP) is 6.32. The average molecular weight is 336 g/mol. The molecule has 0 atom stereocenters. The monoisotopic (exact) mass is 335 g/mol. The number of carboxylic acids is 1. The molecule has 1 rings (SSSR count). The van der Waals surface area contributed by atoms with Gasteiger partial charge in [0.2, 0.25) is 0 Å². The van der Waals surface area contributed by atoms with Crippen LogP contribution in [0.15, 0.2) is 16.6 Å². The van der Waals surface area contributed by atoms with Gasteiger partial charge in [-0.3, -0.25) is 4.99 Å². The van der Waals surface area contributed by atoms with Crippen molar-refractivity contribution >= 4 is 11.7 Å². The molecule has 1 saturated carbocycles. The average Bonchev–Trinajstić information content (AvgIpc) is 3.08. The van der Waals surface area contributed by atoms with E-state index in [0.29, 0.717) is 5.57 Å². The van der Waals surface area contributed by atoms with Gasteiger partial charge in [-0.05, 0) is 51.9 Å². The van der Waals surface area contributed by atoms with Gasteiger partial charge in [0, 0.05) is 17.8 Å². The molecule has 138 valence electrons. The van der Waals surface area contributed by atoms with Crippen LogP contribution >= 0.6 is 0 Å². The van der Waals surface area contributed by atoms with Gasteiger partial charge in [0.25, 0.3) is 0 Å². The summed E-state index contributed by atoms with van der Waals surface area (Å²) in [5.41, 5.74) is 1.95. The van der Waals surface area contributed by atoms with Crippen LogP contribution in [-0.2, 0) is 4.79 Å². The molecule has 0 bridgehead atoms. The van der Waals surface area contributed by atoms with E-state index in [1.165, 1.54) is 89.2 Å². The second-order valence-corrected chi connectivity index (χ2v) is 7.17. The van der Waals surface area contributed by atoms with E-state index in [-0.39, 0.29) is 0 Å². The summed E-state index contributed by atoms with van der Waals surface area (Å²) in [6.45, 7) is 2.73. The lowest BCUT2D eigenvalue weighted by Gasteiger charge is -2.02. The van der Waals surface area contributed by atoms with Gasteiger partial charge in [-0.25, -0.2) is 4.79 Å². The zero-order chi connectivity index (χ0) is 17.5. The van der Waals surface area contributed by atoms with Gasteiger partial charge in [-0.2, -0.15) is 0 Å². The van der Waals surface area contributed by atoms with Crippen LogP contribution < -0.4 is 0 Å². The van der Waals surface area contributed by atoms with Crippen molar-refractivity contribution in [2.75, 3.05) is 6.54 Å². The van der Waals surface area contributed by atoms with E-state index in [2.05, 4.69) is 0 Å². The molecule has 0 aromatic carbocycles. The van der Waals surface area contributed by atoms with Crippen LogP contribution in [0, 0.1) is 0 Å². The van der Waals surface area contributed by atoms with Gasteiger partial charge in [0.05, 0.1) is 0 Å². The van der Waals surface area contributed by atoms with E-state index < -0.39 is 5.97 Å². The maximum atomic E-state index is 10.6. The number of aliphatic carboxylic acids is 1. The number of rotatable bonds is 14. The highest BCUT2D eigenvalue weighted by Crippen LogP contribution is 2.15. The summed E-state index contributed by atoms with van der Waals surface area (Å²) in [5, 5.41) is 8.75. The topological polar surface area (TPSA) is 49.7 Å². The molecule has 3 heteroatoms. The molecule has 0 saturated heterocycles. The lowest BCUT2D eigenvalue weighted by atomic mass is 10.1. The van der Waals surface area contributed by atoms with E-state index in [4.69, 9.17) is 10.1 Å². The number of hydrogen-bond donors (Lipinski definition) is 1. The normalized spacial score (nSPS) is 15.0. The molecule has 3 nitrogen and oxygen atoms in total. The lowest BCUT2D eigenvalue weighted by molar-refractivity contribution is -0.132. The molecule has 0 unspecified atom stereocenters. The molecule has 0 spiro atoms. The summed E-state index contributed by atoms with van der Waals surface area (Å²) in [6, 6.07) is 0. The van der Waals surface area contributed by atoms with Crippen LogP contribution in [0.5, 0.6) is 0 Å². The quantitative estimate of drug-likeness (QED) is 0.298. The number of carboxylic acid groups (broad SMARTS) is 1. The van der Waals surface area contributed by atoms with Crippen molar-refractivity contribution in [3.8, 4) is 0 Å². The van der Waals surface area contributed by atoms with Gasteiger partial charge in [-0.15, -0.1) is 0 Å². The smallest absolute Gasteiger partial charge is 0.330 e. The first-order valence-electron chi connectivity index (χ1n) is 10.1. The van der Waals surface area contributed by atoms with E-state index in [9.17, 15) is 4.79 Å². The molecule has 0 aromatic rings. The standard InChI is InChI=1S/C21H37NO2/c1-19(21(23)24)15-11-9-7-5-3-2-4-6-8-10-14-18-22-20-16-12-13-17-20/h15H,2-14,16-18H2,1H3,(H,23,24)/b19-15+. The maximum absolute atomic E-state index is 10.6. The van der Waals surface area contributed by atoms with Crippen molar-refractivity contribution in [1.29, 1.82) is 0 Å². The van der Waals surface area contributed by atoms with E-state index in [1.807, 2.05) is 6.08 Å². The van der Waals surface area contributed by atoms with Crippen LogP contribution in [0.25, 0.3) is 0 Å². The molecule has 0 radical (unpaired) electrons. The Bertz CT molecular complexity index is 391. The van der Waals surface area contributed by atoms with Gasteiger partial charge < -0.3 is 5.11 Å². The first-order chi connectivity index (χ1) is 11.7. The van der Waals surface area contributed by atoms with Gasteiger partial charge in [0.15, 0.2) is 0 Å². The Morgan fingerprint density at radius 3 is 1.96 bits per heavy atom. The van der Waals surface area contributed by atoms with Crippen LogP contribution in [0.2, 0.25) is 0 Å². The van der Waals surface area contributed by atoms with Crippen molar-refractivity contribution in [2.45, 2.75) is 103 Å². The number of aliphatic imine (C=N–C) groups is 1. The Kier molecular flexibility index (Phi) is 12.4. The van der Waals surface area contributed by atoms with Crippen molar-refractivity contribution in [2.24, 2.45) is 4.99 Å². The zero-order valence-corrected chi connectivity index (χ0v) is 15.7. The summed E-state index contributed by atoms with van der Waals surface area (Å²) in [7, 11) is 0. The summed E-state index contributed by atoms with van der Waals surface area (Å²) in [4.78, 5) is 15.3. The molecule has 1 aliphatic rings. The fourth-order valence-corrected chi connectivity index (χ4v) is 3.25. The van der Waals surface area contributed by atoms with Crippen molar-refractivity contribution in [1.82, 2.24) is 0 Å². The molecule has 1 fully saturated rings. The summed E-state index contributed by atoms with van der Waals surface area (Å²) >= 11 is 0. The summed E-state index contributed by atoms with van der Waals surface area (Å²) in [5.74, 6) is -0.791. The highest BCUT2D eigenvalue weighted by molar-refractivity contribution is 5.86. The Hall–Kier alpha value is -1.12. The van der Waals surface area contributed by atoms with Crippen molar-refractivity contribution in [3.05, 3.63) is 11.6 Å². The number of hydrogen-bond acceptors (Lipinski definition) is 2. The molecular weight excluding hydrogens is 298 g/mol. The minimum Gasteiger partial charge on any atom is -0.478 e. The molecule has 1 N–H and O–H groups in total. The minimum atomic E-state index is -0.791. The third-order valence-electron chi connectivity index (χ3n) is 4.92. The molecule has 0 heterocycles. The maximum Gasteiger partial charge on any atom is 0.330 e. The number of allylic oxidation sites excluding steroid dienone is 1. The summed E-state index contributed by atoms with van der Waals surface area (Å²) in [6.07, 6.45) is 21.0. The number of carbonyl (C=O) groups is 1. The Balaban J connectivity index is 1.77. The Labute approximate surface area is 148 Å². The van der Waals surface area contributed by atoms with Gasteiger partial charge in [0.1, 0.15) is 0 Å². The molecular formula is C21H37NO2. The Morgan fingerprint density at radius 1 is 0.917 bits per heavy atom. The molecule has 24 heavy (non-hydrogen) atoms. The van der Waals surface area contributed by atoms with Crippen LogP contribution in [-0.4, -0.2) is 23.3 Å². The fraction of sp³-hybridized carbons (Fsp3) is 0.810. The van der Waals surface area contributed by atoms with E-state index >= 15 is 0 Å². The number of unbranched alkanes of at least 4 members (excludes halogenated alkanes) is 10. The van der Waals surface area contributed by atoms with Crippen LogP contribution in [0.4, 0.5) is 0 Å². The molecule has 0 aromatic heterocycles. The largest absolute Gasteiger partial charge is 0.478 e. The van der Waals surface area contributed by atoms with Gasteiger partial charge in [-0.1, -0.05) is 57.4 Å². The highest BCUT2D eigenvalue weighted by Gasteiger charge is 2.06. The van der Waals surface area contributed by atoms with Crippen molar-refractivity contribution in [3.63, 3.8) is 0 Å². The van der Waals surface area contributed by atoms with Gasteiger partial charge >= 0.3 is 5.97 Å². The fourth-order valence-electron chi connectivity index (χ4n) is 3.25. The molecule has 1 aliphatic carbocycles. The van der Waals surface area contributed by atoms with Crippen molar-refractivity contribution < 1.29 is 9.90 Å². The third-order valence-corrected chi connectivity index (χ3v) is 4.92. The van der Waals surface area contributed by atoms with E-state index in [0.717, 1.165) is 19.4 Å². The lowest BCUT2D eigenvalue weighted by Crippen LogP contribution is -1.95. The SMILES string of the molecule is C/C(=C\CCCCCCCCCCCCN=C1CCCC1)C(=O)O. The summed E-state index contributed by atoms with van der Waals surface area (Å²) < 4.78 is 0. The predicted molar refractivity (Wildman–Crippen MR) is 103 cm³/mol. The zero-order valence-electron chi connectivity index (χ0n) is 15.7. The third kappa shape index (κ3) is 11.4. The first kappa shape index (κ1) is 20.9. The Morgan fingerprint density at radius 2 is 1.42 bits per heavy atom. The second kappa shape index (κ2) is 14.2. The second-order valence-electron chi connectivity index (χ2n) is 7.17. The van der Waals surface area contributed by atoms with Crippen LogP contribution in [0.3, 0.4) is 0 Å².